The molecule has 7 rings (SSSR count). The minimum absolute atomic E-state index is 0.00967. The molecule has 1 atom stereocenters. The van der Waals surface area contributed by atoms with Gasteiger partial charge < -0.3 is 43.0 Å². The number of aromatic amines is 1. The third-order valence-corrected chi connectivity index (χ3v) is 9.65. The molecular formula is C38H40ClN7O8. The van der Waals surface area contributed by atoms with Gasteiger partial charge in [0.05, 0.1) is 50.8 Å². The van der Waals surface area contributed by atoms with E-state index in [1.165, 1.54) is 18.7 Å². The first-order chi connectivity index (χ1) is 25.9. The van der Waals surface area contributed by atoms with Gasteiger partial charge in [0.25, 0.3) is 5.91 Å². The Morgan fingerprint density at radius 1 is 1.00 bits per heavy atom. The number of halogens is 1. The lowest BCUT2D eigenvalue weighted by Crippen LogP contribution is -2.58. The van der Waals surface area contributed by atoms with Crippen LogP contribution in [0.3, 0.4) is 0 Å². The summed E-state index contributed by atoms with van der Waals surface area (Å²) in [6.07, 6.45) is 7.08. The summed E-state index contributed by atoms with van der Waals surface area (Å²) >= 11 is 6.13. The monoisotopic (exact) mass is 757 g/mol. The lowest BCUT2D eigenvalue weighted by Gasteiger charge is -2.47. The molecule has 1 aromatic carbocycles. The molecule has 282 valence electrons. The third kappa shape index (κ3) is 7.23. The summed E-state index contributed by atoms with van der Waals surface area (Å²) in [5, 5.41) is 3.75. The SMILES string of the molecule is COc1cc(OC)c(CN2CC3(CCCN(C(=O)OC(C)(C)C)C3)c3[nH]c(-c4ccnc(Oc5nc(Cl)ncc5-c5cnoc5)c4)cc3C2=O)c(OC)c1. The average molecular weight is 758 g/mol. The lowest BCUT2D eigenvalue weighted by atomic mass is 9.73. The summed E-state index contributed by atoms with van der Waals surface area (Å²) in [5.41, 5.74) is 3.08. The zero-order valence-electron chi connectivity index (χ0n) is 30.8. The van der Waals surface area contributed by atoms with Crippen LogP contribution in [-0.4, -0.2) is 93.5 Å². The van der Waals surface area contributed by atoms with Gasteiger partial charge in [0.1, 0.15) is 29.1 Å². The number of pyridine rings is 1. The number of hydrogen-bond donors (Lipinski definition) is 1. The molecule has 0 saturated carbocycles. The van der Waals surface area contributed by atoms with Gasteiger partial charge in [-0.1, -0.05) is 5.16 Å². The van der Waals surface area contributed by atoms with Crippen LogP contribution in [0, 0.1) is 0 Å². The van der Waals surface area contributed by atoms with Crippen molar-refractivity contribution >= 4 is 23.6 Å². The van der Waals surface area contributed by atoms with Gasteiger partial charge in [-0.3, -0.25) is 4.79 Å². The molecule has 1 spiro atoms. The van der Waals surface area contributed by atoms with Crippen LogP contribution < -0.4 is 18.9 Å². The van der Waals surface area contributed by atoms with Gasteiger partial charge in [-0.2, -0.15) is 4.98 Å². The standard InChI is InChI=1S/C38H40ClN7O8/c1-37(2,3)54-36(48)45-11-7-9-38(20-45)21-46(18-27-29(50-5)13-24(49-4)14-30(27)51-6)34(47)25-15-28(43-32(25)38)22-8-10-40-31(12-22)53-33-26(17-41-35(39)44-33)23-16-42-52-19-23/h8,10,12-17,19,43H,7,9,11,18,20-21H2,1-6H3. The maximum Gasteiger partial charge on any atom is 0.410 e. The van der Waals surface area contributed by atoms with Crippen molar-refractivity contribution in [3.8, 4) is 51.4 Å². The first-order valence-corrected chi connectivity index (χ1v) is 17.6. The normalized spacial score (nSPS) is 17.0. The summed E-state index contributed by atoms with van der Waals surface area (Å²) in [5.74, 6) is 1.80. The van der Waals surface area contributed by atoms with E-state index in [-0.39, 0.29) is 29.5 Å². The maximum absolute atomic E-state index is 14.5. The van der Waals surface area contributed by atoms with Crippen molar-refractivity contribution in [2.24, 2.45) is 0 Å². The van der Waals surface area contributed by atoms with Gasteiger partial charge in [0.2, 0.25) is 17.0 Å². The molecule has 2 aliphatic rings. The smallest absolute Gasteiger partial charge is 0.410 e. The van der Waals surface area contributed by atoms with Gasteiger partial charge in [-0.25, -0.2) is 14.8 Å². The number of aromatic nitrogens is 5. The van der Waals surface area contributed by atoms with E-state index < -0.39 is 17.1 Å². The molecule has 0 bridgehead atoms. The summed E-state index contributed by atoms with van der Waals surface area (Å²) < 4.78 is 33.9. The Morgan fingerprint density at radius 2 is 1.78 bits per heavy atom. The quantitative estimate of drug-likeness (QED) is 0.155. The Hall–Kier alpha value is -5.83. The highest BCUT2D eigenvalue weighted by Gasteiger charge is 2.48. The zero-order valence-corrected chi connectivity index (χ0v) is 31.5. The summed E-state index contributed by atoms with van der Waals surface area (Å²) in [6.45, 7) is 6.91. The Labute approximate surface area is 316 Å². The highest BCUT2D eigenvalue weighted by atomic mass is 35.5. The van der Waals surface area contributed by atoms with Crippen LogP contribution in [0.4, 0.5) is 4.79 Å². The highest BCUT2D eigenvalue weighted by Crippen LogP contribution is 2.44. The van der Waals surface area contributed by atoms with E-state index in [9.17, 15) is 9.59 Å². The van der Waals surface area contributed by atoms with Crippen LogP contribution in [0.25, 0.3) is 22.4 Å². The highest BCUT2D eigenvalue weighted by molar-refractivity contribution is 6.28. The van der Waals surface area contributed by atoms with E-state index in [0.29, 0.717) is 83.2 Å². The third-order valence-electron chi connectivity index (χ3n) is 9.47. The molecular weight excluding hydrogens is 718 g/mol. The number of hydrogen-bond acceptors (Lipinski definition) is 12. The number of carbonyl (C=O) groups is 2. The first-order valence-electron chi connectivity index (χ1n) is 17.3. The second-order valence-corrected chi connectivity index (χ2v) is 14.5. The van der Waals surface area contributed by atoms with Crippen LogP contribution in [0.1, 0.15) is 55.2 Å². The van der Waals surface area contributed by atoms with Crippen LogP contribution in [0.5, 0.6) is 29.0 Å². The minimum atomic E-state index is -0.670. The molecule has 0 aliphatic carbocycles. The number of amides is 2. The van der Waals surface area contributed by atoms with Crippen LogP contribution in [0.15, 0.2) is 59.7 Å². The number of carbonyl (C=O) groups excluding carboxylic acids is 2. The number of fused-ring (bicyclic) bond motifs is 2. The molecule has 16 heteroatoms. The molecule has 1 saturated heterocycles. The number of piperidine rings is 1. The number of benzene rings is 1. The van der Waals surface area contributed by atoms with E-state index >= 15 is 0 Å². The molecule has 2 aliphatic heterocycles. The fourth-order valence-electron chi connectivity index (χ4n) is 7.07. The van der Waals surface area contributed by atoms with Crippen LogP contribution >= 0.6 is 11.6 Å². The molecule has 5 aromatic rings. The van der Waals surface area contributed by atoms with Gasteiger partial charge in [-0.05, 0) is 57.3 Å². The molecule has 4 aromatic heterocycles. The Balaban J connectivity index is 1.27. The van der Waals surface area contributed by atoms with E-state index in [2.05, 4.69) is 25.1 Å². The van der Waals surface area contributed by atoms with Gasteiger partial charge in [-0.15, -0.1) is 0 Å². The number of likely N-dealkylation sites (tertiary alicyclic amines) is 1. The van der Waals surface area contributed by atoms with Gasteiger partial charge >= 0.3 is 6.09 Å². The topological polar surface area (TPSA) is 167 Å². The number of nitrogens with one attached hydrogen (secondary N) is 1. The average Bonchev–Trinajstić information content (AvgIpc) is 3.86. The Kier molecular flexibility index (Phi) is 9.83. The number of ether oxygens (including phenoxy) is 5. The van der Waals surface area contributed by atoms with Crippen molar-refractivity contribution in [1.82, 2.24) is 34.9 Å². The second-order valence-electron chi connectivity index (χ2n) is 14.2. The van der Waals surface area contributed by atoms with E-state index in [0.717, 1.165) is 5.69 Å². The molecule has 0 radical (unpaired) electrons. The van der Waals surface area contributed by atoms with Gasteiger partial charge in [0.15, 0.2) is 0 Å². The molecule has 1 unspecified atom stereocenters. The summed E-state index contributed by atoms with van der Waals surface area (Å²) in [6, 6.07) is 8.92. The number of nitrogens with zero attached hydrogens (tertiary/aromatic N) is 6. The van der Waals surface area contributed by atoms with Crippen molar-refractivity contribution in [1.29, 1.82) is 0 Å². The van der Waals surface area contributed by atoms with E-state index in [1.807, 2.05) is 32.9 Å². The first kappa shape index (κ1) is 36.5. The molecule has 1 fully saturated rings. The predicted molar refractivity (Wildman–Crippen MR) is 196 cm³/mol. The summed E-state index contributed by atoms with van der Waals surface area (Å²) in [4.78, 5) is 47.9. The largest absolute Gasteiger partial charge is 0.496 e. The number of methoxy groups -OCH3 is 3. The van der Waals surface area contributed by atoms with Crippen LogP contribution in [0.2, 0.25) is 5.28 Å². The van der Waals surface area contributed by atoms with Crippen molar-refractivity contribution in [2.45, 2.75) is 51.2 Å². The summed E-state index contributed by atoms with van der Waals surface area (Å²) in [7, 11) is 4.69. The van der Waals surface area contributed by atoms with Crippen molar-refractivity contribution in [3.05, 3.63) is 77.3 Å². The zero-order chi connectivity index (χ0) is 38.2. The fraction of sp³-hybridized carbons (Fsp3) is 0.368. The lowest BCUT2D eigenvalue weighted by molar-refractivity contribution is 0.00818. The number of rotatable bonds is 9. The Bertz CT molecular complexity index is 2160. The molecule has 15 nitrogen and oxygen atoms in total. The number of H-pyrrole nitrogens is 1. The Morgan fingerprint density at radius 3 is 2.46 bits per heavy atom. The maximum atomic E-state index is 14.5. The molecule has 6 heterocycles. The fourth-order valence-corrected chi connectivity index (χ4v) is 7.20. The van der Waals surface area contributed by atoms with Crippen molar-refractivity contribution < 1.29 is 37.8 Å². The van der Waals surface area contributed by atoms with E-state index in [4.69, 9.17) is 39.8 Å². The minimum Gasteiger partial charge on any atom is -0.496 e. The molecule has 1 N–H and O–H groups in total. The van der Waals surface area contributed by atoms with Gasteiger partial charge in [0, 0.05) is 78.2 Å². The molecule has 2 amide bonds. The van der Waals surface area contributed by atoms with Crippen LogP contribution in [-0.2, 0) is 16.7 Å². The molecule has 54 heavy (non-hydrogen) atoms. The predicted octanol–water partition coefficient (Wildman–Crippen LogP) is 6.92. The van der Waals surface area contributed by atoms with E-state index in [1.54, 1.807) is 55.5 Å². The second kappa shape index (κ2) is 14.5. The van der Waals surface area contributed by atoms with Crippen molar-refractivity contribution in [2.75, 3.05) is 41.0 Å². The van der Waals surface area contributed by atoms with Crippen molar-refractivity contribution in [3.63, 3.8) is 0 Å².